The molecule has 4 rings (SSSR count). The molecule has 1 aliphatic heterocycles. The summed E-state index contributed by atoms with van der Waals surface area (Å²) in [7, 11) is 1.38. The third kappa shape index (κ3) is 4.05. The van der Waals surface area contributed by atoms with Crippen molar-refractivity contribution in [3.63, 3.8) is 0 Å². The number of hydrogen-bond donors (Lipinski definition) is 0. The Balaban J connectivity index is 1.81. The SMILES string of the molecule is COc1ccc(/C=C(\C#N)C(=O)N2c3ccccc3Sc3ccc(SC)cc32)cc1F. The Morgan fingerprint density at radius 2 is 1.90 bits per heavy atom. The quantitative estimate of drug-likeness (QED) is 0.267. The van der Waals surface area contributed by atoms with E-state index in [1.54, 1.807) is 34.5 Å². The maximum absolute atomic E-state index is 14.1. The molecule has 0 bridgehead atoms. The first-order valence-corrected chi connectivity index (χ1v) is 11.3. The molecular formula is C24H17FN2O2S2. The number of amides is 1. The highest BCUT2D eigenvalue weighted by molar-refractivity contribution is 8.00. The standard InChI is InChI=1S/C24H17FN2O2S2/c1-29-21-9-7-15(12-18(21)25)11-16(14-26)24(28)27-19-5-3-4-6-22(19)31-23-10-8-17(30-2)13-20(23)27/h3-13H,1-2H3/b16-11+. The maximum Gasteiger partial charge on any atom is 0.273 e. The van der Waals surface area contributed by atoms with Gasteiger partial charge in [-0.2, -0.15) is 5.26 Å². The summed E-state index contributed by atoms with van der Waals surface area (Å²) in [5.74, 6) is -0.927. The van der Waals surface area contributed by atoms with Gasteiger partial charge in [0.25, 0.3) is 5.91 Å². The van der Waals surface area contributed by atoms with E-state index in [2.05, 4.69) is 0 Å². The van der Waals surface area contributed by atoms with Crippen molar-refractivity contribution in [3.8, 4) is 11.8 Å². The molecule has 1 aliphatic rings. The summed E-state index contributed by atoms with van der Waals surface area (Å²) in [5, 5.41) is 9.76. The van der Waals surface area contributed by atoms with Gasteiger partial charge in [-0.1, -0.05) is 30.0 Å². The second-order valence-electron chi connectivity index (χ2n) is 6.61. The number of ether oxygens (including phenoxy) is 1. The monoisotopic (exact) mass is 448 g/mol. The number of carbonyl (C=O) groups is 1. The summed E-state index contributed by atoms with van der Waals surface area (Å²) in [6, 6.07) is 19.8. The molecule has 3 aromatic rings. The number of rotatable bonds is 4. The van der Waals surface area contributed by atoms with E-state index in [0.717, 1.165) is 20.4 Å². The largest absolute Gasteiger partial charge is 0.494 e. The van der Waals surface area contributed by atoms with Crippen molar-refractivity contribution in [1.29, 1.82) is 5.26 Å². The Kier molecular flexibility index (Phi) is 6.03. The third-order valence-corrected chi connectivity index (χ3v) is 6.63. The molecule has 3 aromatic carbocycles. The van der Waals surface area contributed by atoms with Crippen LogP contribution in [-0.2, 0) is 4.79 Å². The minimum atomic E-state index is -0.560. The van der Waals surface area contributed by atoms with Crippen molar-refractivity contribution < 1.29 is 13.9 Å². The molecule has 0 saturated heterocycles. The van der Waals surface area contributed by atoms with E-state index in [0.29, 0.717) is 11.3 Å². The van der Waals surface area contributed by atoms with Gasteiger partial charge >= 0.3 is 0 Å². The number of nitriles is 1. The number of methoxy groups -OCH3 is 1. The molecule has 0 atom stereocenters. The minimum Gasteiger partial charge on any atom is -0.494 e. The molecule has 0 N–H and O–H groups in total. The second kappa shape index (κ2) is 8.88. The van der Waals surface area contributed by atoms with Crippen LogP contribution in [0.25, 0.3) is 6.08 Å². The van der Waals surface area contributed by atoms with Crippen LogP contribution in [0.1, 0.15) is 5.56 Å². The van der Waals surface area contributed by atoms with E-state index in [1.807, 2.05) is 54.8 Å². The van der Waals surface area contributed by atoms with Crippen LogP contribution in [0.4, 0.5) is 15.8 Å². The number of para-hydroxylation sites is 1. The zero-order chi connectivity index (χ0) is 22.0. The van der Waals surface area contributed by atoms with Crippen LogP contribution in [0.2, 0.25) is 0 Å². The highest BCUT2D eigenvalue weighted by Crippen LogP contribution is 2.49. The summed E-state index contributed by atoms with van der Waals surface area (Å²) in [6.45, 7) is 0. The van der Waals surface area contributed by atoms with Crippen LogP contribution >= 0.6 is 23.5 Å². The number of anilines is 2. The lowest BCUT2D eigenvalue weighted by molar-refractivity contribution is -0.114. The fourth-order valence-electron chi connectivity index (χ4n) is 3.28. The van der Waals surface area contributed by atoms with E-state index >= 15 is 0 Å². The van der Waals surface area contributed by atoms with E-state index in [-0.39, 0.29) is 11.3 Å². The van der Waals surface area contributed by atoms with Crippen molar-refractivity contribution in [2.24, 2.45) is 0 Å². The Labute approximate surface area is 188 Å². The molecule has 0 aliphatic carbocycles. The summed E-state index contributed by atoms with van der Waals surface area (Å²) in [6.07, 6.45) is 3.37. The predicted octanol–water partition coefficient (Wildman–Crippen LogP) is 6.29. The van der Waals surface area contributed by atoms with Crippen LogP contribution in [0, 0.1) is 17.1 Å². The van der Waals surface area contributed by atoms with Gasteiger partial charge in [0.1, 0.15) is 11.6 Å². The van der Waals surface area contributed by atoms with Gasteiger partial charge < -0.3 is 4.74 Å². The van der Waals surface area contributed by atoms with Crippen LogP contribution in [0.3, 0.4) is 0 Å². The molecule has 0 spiro atoms. The normalized spacial score (nSPS) is 12.6. The van der Waals surface area contributed by atoms with Crippen LogP contribution in [0.5, 0.6) is 5.75 Å². The molecule has 7 heteroatoms. The maximum atomic E-state index is 14.1. The molecule has 4 nitrogen and oxygen atoms in total. The van der Waals surface area contributed by atoms with Crippen molar-refractivity contribution in [2.45, 2.75) is 14.7 Å². The molecule has 1 amide bonds. The third-order valence-electron chi connectivity index (χ3n) is 4.77. The topological polar surface area (TPSA) is 53.3 Å². The Morgan fingerprint density at radius 1 is 1.13 bits per heavy atom. The molecule has 0 unspecified atom stereocenters. The van der Waals surface area contributed by atoms with Crippen molar-refractivity contribution >= 4 is 46.9 Å². The Hall–Kier alpha value is -3.21. The summed E-state index contributed by atoms with van der Waals surface area (Å²) in [4.78, 5) is 18.0. The molecular weight excluding hydrogens is 431 g/mol. The van der Waals surface area contributed by atoms with Crippen LogP contribution < -0.4 is 9.64 Å². The fraction of sp³-hybridized carbons (Fsp3) is 0.0833. The van der Waals surface area contributed by atoms with Gasteiger partial charge in [-0.3, -0.25) is 9.69 Å². The van der Waals surface area contributed by atoms with Crippen molar-refractivity contribution in [3.05, 3.63) is 77.6 Å². The Morgan fingerprint density at radius 3 is 2.61 bits per heavy atom. The average Bonchev–Trinajstić information content (AvgIpc) is 2.80. The van der Waals surface area contributed by atoms with E-state index < -0.39 is 11.7 Å². The summed E-state index contributed by atoms with van der Waals surface area (Å²) >= 11 is 3.16. The molecule has 0 radical (unpaired) electrons. The molecule has 0 aromatic heterocycles. The van der Waals surface area contributed by atoms with Gasteiger partial charge in [0, 0.05) is 14.7 Å². The van der Waals surface area contributed by atoms with Crippen molar-refractivity contribution in [1.82, 2.24) is 0 Å². The highest BCUT2D eigenvalue weighted by atomic mass is 32.2. The Bertz CT molecular complexity index is 1250. The lowest BCUT2D eigenvalue weighted by Gasteiger charge is -2.31. The molecule has 31 heavy (non-hydrogen) atoms. The lowest BCUT2D eigenvalue weighted by Crippen LogP contribution is -2.29. The van der Waals surface area contributed by atoms with Crippen LogP contribution in [0.15, 0.2) is 80.9 Å². The predicted molar refractivity (Wildman–Crippen MR) is 122 cm³/mol. The van der Waals surface area contributed by atoms with Crippen molar-refractivity contribution in [2.75, 3.05) is 18.3 Å². The number of nitrogens with zero attached hydrogens (tertiary/aromatic N) is 2. The zero-order valence-corrected chi connectivity index (χ0v) is 18.4. The minimum absolute atomic E-state index is 0.0909. The molecule has 0 fully saturated rings. The van der Waals surface area contributed by atoms with Gasteiger partial charge in [0.2, 0.25) is 0 Å². The lowest BCUT2D eigenvalue weighted by atomic mass is 10.1. The van der Waals surface area contributed by atoms with Gasteiger partial charge in [-0.15, -0.1) is 11.8 Å². The van der Waals surface area contributed by atoms with Gasteiger partial charge in [0.05, 0.1) is 18.5 Å². The van der Waals surface area contributed by atoms with Gasteiger partial charge in [0.15, 0.2) is 11.6 Å². The number of hydrogen-bond acceptors (Lipinski definition) is 5. The van der Waals surface area contributed by atoms with Crippen LogP contribution in [-0.4, -0.2) is 19.3 Å². The molecule has 0 saturated carbocycles. The van der Waals surface area contributed by atoms with Gasteiger partial charge in [-0.05, 0) is 60.4 Å². The zero-order valence-electron chi connectivity index (χ0n) is 16.8. The first-order chi connectivity index (χ1) is 15.0. The first-order valence-electron chi connectivity index (χ1n) is 9.30. The second-order valence-corrected chi connectivity index (χ2v) is 8.57. The summed E-state index contributed by atoms with van der Waals surface area (Å²) in [5.41, 5.74) is 1.75. The number of halogens is 1. The molecule has 1 heterocycles. The summed E-state index contributed by atoms with van der Waals surface area (Å²) < 4.78 is 19.0. The highest BCUT2D eigenvalue weighted by Gasteiger charge is 2.30. The number of benzene rings is 3. The van der Waals surface area contributed by atoms with E-state index in [9.17, 15) is 14.4 Å². The number of fused-ring (bicyclic) bond motifs is 2. The number of thioether (sulfide) groups is 1. The first kappa shape index (κ1) is 21.0. The van der Waals surface area contributed by atoms with E-state index in [4.69, 9.17) is 4.74 Å². The average molecular weight is 449 g/mol. The molecule has 154 valence electrons. The fourth-order valence-corrected chi connectivity index (χ4v) is 4.75. The number of carbonyl (C=O) groups excluding carboxylic acids is 1. The van der Waals surface area contributed by atoms with E-state index in [1.165, 1.54) is 25.3 Å². The van der Waals surface area contributed by atoms with Gasteiger partial charge in [-0.25, -0.2) is 4.39 Å². The smallest absolute Gasteiger partial charge is 0.273 e.